The van der Waals surface area contributed by atoms with Crippen LogP contribution in [0.15, 0.2) is 48.8 Å². The Morgan fingerprint density at radius 1 is 1.04 bits per heavy atom. The number of benzene rings is 1. The topological polar surface area (TPSA) is 72.0 Å². The van der Waals surface area contributed by atoms with Crippen LogP contribution >= 0.6 is 0 Å². The Labute approximate surface area is 159 Å². The molecule has 146 valence electrons. The SMILES string of the molecule is CCNc1nc(Nc2ccc(OC)c(C(F)(F)F)c2)cc(-c2ccncc2)n1. The molecule has 0 saturated carbocycles. The van der Waals surface area contributed by atoms with Crippen molar-refractivity contribution in [1.29, 1.82) is 0 Å². The summed E-state index contributed by atoms with van der Waals surface area (Å²) in [6, 6.07) is 8.98. The van der Waals surface area contributed by atoms with Crippen LogP contribution < -0.4 is 15.4 Å². The molecule has 0 aliphatic heterocycles. The van der Waals surface area contributed by atoms with Crippen LogP contribution in [-0.2, 0) is 6.18 Å². The molecule has 6 nitrogen and oxygen atoms in total. The molecule has 28 heavy (non-hydrogen) atoms. The van der Waals surface area contributed by atoms with Crippen molar-refractivity contribution in [2.45, 2.75) is 13.1 Å². The number of ether oxygens (including phenoxy) is 1. The number of alkyl halides is 3. The fourth-order valence-electron chi connectivity index (χ4n) is 2.57. The predicted molar refractivity (Wildman–Crippen MR) is 101 cm³/mol. The smallest absolute Gasteiger partial charge is 0.420 e. The van der Waals surface area contributed by atoms with E-state index in [0.717, 1.165) is 11.6 Å². The molecule has 1 aromatic carbocycles. The molecule has 3 aromatic rings. The maximum atomic E-state index is 13.3. The normalized spacial score (nSPS) is 11.2. The fourth-order valence-corrected chi connectivity index (χ4v) is 2.57. The second-order valence-corrected chi connectivity index (χ2v) is 5.77. The highest BCUT2D eigenvalue weighted by molar-refractivity contribution is 5.68. The van der Waals surface area contributed by atoms with Crippen molar-refractivity contribution >= 4 is 17.5 Å². The van der Waals surface area contributed by atoms with E-state index in [4.69, 9.17) is 4.74 Å². The van der Waals surface area contributed by atoms with Gasteiger partial charge in [0.15, 0.2) is 0 Å². The summed E-state index contributed by atoms with van der Waals surface area (Å²) in [6.07, 6.45) is -1.26. The molecule has 2 aromatic heterocycles. The first-order chi connectivity index (χ1) is 13.4. The van der Waals surface area contributed by atoms with Crippen LogP contribution in [0.3, 0.4) is 0 Å². The largest absolute Gasteiger partial charge is 0.496 e. The Kier molecular flexibility index (Phi) is 5.62. The van der Waals surface area contributed by atoms with Crippen LogP contribution in [-0.4, -0.2) is 28.6 Å². The van der Waals surface area contributed by atoms with E-state index in [0.29, 0.717) is 24.0 Å². The Balaban J connectivity index is 1.99. The molecule has 2 N–H and O–H groups in total. The summed E-state index contributed by atoms with van der Waals surface area (Å²) in [6.45, 7) is 2.49. The first kappa shape index (κ1) is 19.4. The van der Waals surface area contributed by atoms with E-state index in [1.54, 1.807) is 30.6 Å². The number of nitrogens with one attached hydrogen (secondary N) is 2. The van der Waals surface area contributed by atoms with Crippen LogP contribution in [0.5, 0.6) is 5.75 Å². The van der Waals surface area contributed by atoms with Gasteiger partial charge < -0.3 is 15.4 Å². The van der Waals surface area contributed by atoms with Gasteiger partial charge in [-0.25, -0.2) is 4.98 Å². The number of nitrogens with zero attached hydrogens (tertiary/aromatic N) is 3. The summed E-state index contributed by atoms with van der Waals surface area (Å²) >= 11 is 0. The van der Waals surface area contributed by atoms with Crippen molar-refractivity contribution in [3.8, 4) is 17.0 Å². The molecule has 0 aliphatic rings. The molecule has 2 heterocycles. The second kappa shape index (κ2) is 8.12. The third-order valence-electron chi connectivity index (χ3n) is 3.81. The van der Waals surface area contributed by atoms with Crippen LogP contribution in [0.25, 0.3) is 11.3 Å². The minimum atomic E-state index is -4.54. The van der Waals surface area contributed by atoms with Crippen molar-refractivity contribution < 1.29 is 17.9 Å². The van der Waals surface area contributed by atoms with Gasteiger partial charge in [0.1, 0.15) is 11.6 Å². The third-order valence-corrected chi connectivity index (χ3v) is 3.81. The molecule has 0 unspecified atom stereocenters. The number of anilines is 3. The van der Waals surface area contributed by atoms with Crippen LogP contribution in [0.2, 0.25) is 0 Å². The van der Waals surface area contributed by atoms with E-state index < -0.39 is 11.7 Å². The summed E-state index contributed by atoms with van der Waals surface area (Å²) in [5.74, 6) is 0.478. The minimum Gasteiger partial charge on any atom is -0.496 e. The highest BCUT2D eigenvalue weighted by Gasteiger charge is 2.34. The molecule has 0 radical (unpaired) electrons. The monoisotopic (exact) mass is 389 g/mol. The average molecular weight is 389 g/mol. The Morgan fingerprint density at radius 3 is 2.43 bits per heavy atom. The molecule has 0 saturated heterocycles. The molecule has 0 atom stereocenters. The van der Waals surface area contributed by atoms with Gasteiger partial charge in [-0.15, -0.1) is 0 Å². The number of methoxy groups -OCH3 is 1. The van der Waals surface area contributed by atoms with Crippen molar-refractivity contribution in [3.05, 3.63) is 54.4 Å². The standard InChI is InChI=1S/C19H18F3N5O/c1-3-24-18-26-15(12-6-8-23-9-7-12)11-17(27-18)25-13-4-5-16(28-2)14(10-13)19(20,21)22/h4-11H,3H2,1-2H3,(H2,24,25,26,27). The zero-order valence-electron chi connectivity index (χ0n) is 15.2. The van der Waals surface area contributed by atoms with E-state index in [-0.39, 0.29) is 11.4 Å². The highest BCUT2D eigenvalue weighted by Crippen LogP contribution is 2.38. The zero-order chi connectivity index (χ0) is 20.1. The Bertz CT molecular complexity index is 948. The summed E-state index contributed by atoms with van der Waals surface area (Å²) in [5, 5.41) is 5.93. The average Bonchev–Trinajstić information content (AvgIpc) is 2.68. The summed E-state index contributed by atoms with van der Waals surface area (Å²) < 4.78 is 44.6. The number of hydrogen-bond acceptors (Lipinski definition) is 6. The van der Waals surface area contributed by atoms with Gasteiger partial charge in [0.05, 0.1) is 18.4 Å². The van der Waals surface area contributed by atoms with E-state index in [9.17, 15) is 13.2 Å². The lowest BCUT2D eigenvalue weighted by atomic mass is 10.1. The van der Waals surface area contributed by atoms with E-state index in [1.165, 1.54) is 19.2 Å². The molecule has 0 spiro atoms. The van der Waals surface area contributed by atoms with Gasteiger partial charge in [0.2, 0.25) is 5.95 Å². The van der Waals surface area contributed by atoms with Crippen LogP contribution in [0.4, 0.5) is 30.6 Å². The predicted octanol–water partition coefficient (Wildman–Crippen LogP) is 4.74. The minimum absolute atomic E-state index is 0.231. The first-order valence-electron chi connectivity index (χ1n) is 8.46. The lowest BCUT2D eigenvalue weighted by Crippen LogP contribution is -2.09. The number of aromatic nitrogens is 3. The summed E-state index contributed by atoms with van der Waals surface area (Å²) in [7, 11) is 1.20. The molecule has 0 aliphatic carbocycles. The van der Waals surface area contributed by atoms with Crippen molar-refractivity contribution in [1.82, 2.24) is 15.0 Å². The number of halogens is 3. The molecular formula is C19H18F3N5O. The Hall–Kier alpha value is -3.36. The van der Waals surface area contributed by atoms with Gasteiger partial charge in [-0.05, 0) is 37.3 Å². The van der Waals surface area contributed by atoms with Gasteiger partial charge in [-0.3, -0.25) is 4.98 Å². The molecular weight excluding hydrogens is 371 g/mol. The molecule has 3 rings (SSSR count). The zero-order valence-corrected chi connectivity index (χ0v) is 15.2. The van der Waals surface area contributed by atoms with Crippen molar-refractivity contribution in [3.63, 3.8) is 0 Å². The molecule has 0 amide bonds. The van der Waals surface area contributed by atoms with Crippen molar-refractivity contribution in [2.24, 2.45) is 0 Å². The van der Waals surface area contributed by atoms with Crippen LogP contribution in [0.1, 0.15) is 12.5 Å². The van der Waals surface area contributed by atoms with Gasteiger partial charge in [0, 0.05) is 36.3 Å². The van der Waals surface area contributed by atoms with Gasteiger partial charge >= 0.3 is 6.18 Å². The summed E-state index contributed by atoms with van der Waals surface area (Å²) in [4.78, 5) is 12.7. The van der Waals surface area contributed by atoms with Gasteiger partial charge in [-0.1, -0.05) is 0 Å². The Morgan fingerprint density at radius 2 is 1.79 bits per heavy atom. The lowest BCUT2D eigenvalue weighted by Gasteiger charge is -2.15. The first-order valence-corrected chi connectivity index (χ1v) is 8.46. The van der Waals surface area contributed by atoms with E-state index in [2.05, 4.69) is 25.6 Å². The van der Waals surface area contributed by atoms with Crippen molar-refractivity contribution in [2.75, 3.05) is 24.3 Å². The second-order valence-electron chi connectivity index (χ2n) is 5.77. The van der Waals surface area contributed by atoms with E-state index in [1.807, 2.05) is 6.92 Å². The summed E-state index contributed by atoms with van der Waals surface area (Å²) in [5.41, 5.74) is 0.788. The molecule has 9 heteroatoms. The number of hydrogen-bond donors (Lipinski definition) is 2. The number of pyridine rings is 1. The number of rotatable bonds is 6. The van der Waals surface area contributed by atoms with E-state index >= 15 is 0 Å². The maximum Gasteiger partial charge on any atom is 0.420 e. The molecule has 0 fully saturated rings. The highest BCUT2D eigenvalue weighted by atomic mass is 19.4. The quantitative estimate of drug-likeness (QED) is 0.634. The van der Waals surface area contributed by atoms with Crippen LogP contribution in [0, 0.1) is 0 Å². The van der Waals surface area contributed by atoms with Gasteiger partial charge in [0.25, 0.3) is 0 Å². The third kappa shape index (κ3) is 4.48. The van der Waals surface area contributed by atoms with Gasteiger partial charge in [-0.2, -0.15) is 18.2 Å². The maximum absolute atomic E-state index is 13.3. The fraction of sp³-hybridized carbons (Fsp3) is 0.211. The lowest BCUT2D eigenvalue weighted by molar-refractivity contribution is -0.138. The molecule has 0 bridgehead atoms.